The van der Waals surface area contributed by atoms with Crippen LogP contribution in [0.5, 0.6) is 5.75 Å². The number of methoxy groups -OCH3 is 1. The monoisotopic (exact) mass is 548 g/mol. The van der Waals surface area contributed by atoms with Crippen molar-refractivity contribution in [2.45, 2.75) is 17.5 Å². The molecule has 0 aromatic heterocycles. The second-order valence-electron chi connectivity index (χ2n) is 7.96. The fraction of sp³-hybridized carbons (Fsp3) is 0.200. The Bertz CT molecular complexity index is 1360. The summed E-state index contributed by atoms with van der Waals surface area (Å²) in [7, 11) is -2.87. The molecule has 4 rings (SSSR count). The highest BCUT2D eigenvalue weighted by Crippen LogP contribution is 2.34. The minimum atomic E-state index is -4.10. The maximum atomic E-state index is 13.6. The topological polar surface area (TPSA) is 93.2 Å². The summed E-state index contributed by atoms with van der Waals surface area (Å²) in [5.41, 5.74) is 1.07. The second kappa shape index (κ2) is 10.9. The van der Waals surface area contributed by atoms with Crippen molar-refractivity contribution in [1.82, 2.24) is 4.31 Å². The van der Waals surface area contributed by atoms with Crippen molar-refractivity contribution in [2.24, 2.45) is 0 Å². The number of para-hydroxylation sites is 2. The van der Waals surface area contributed by atoms with Gasteiger partial charge in [0.25, 0.3) is 0 Å². The van der Waals surface area contributed by atoms with Crippen LogP contribution in [0.4, 0.5) is 5.69 Å². The molecule has 1 unspecified atom stereocenters. The molecule has 11 heteroatoms. The lowest BCUT2D eigenvalue weighted by molar-refractivity contribution is -0.148. The molecule has 1 aliphatic rings. The molecule has 0 aliphatic carbocycles. The van der Waals surface area contributed by atoms with E-state index < -0.39 is 34.5 Å². The summed E-state index contributed by atoms with van der Waals surface area (Å²) in [5.74, 6) is -0.863. The third-order valence-electron chi connectivity index (χ3n) is 5.57. The first kappa shape index (κ1) is 26.0. The SMILES string of the molecule is COC(=O)C1CN(C(=O)CN(Cc2ccc(Cl)cc2)S(=O)(=O)c2ccc(Cl)cc2)c2ccccc2O1. The summed E-state index contributed by atoms with van der Waals surface area (Å²) >= 11 is 11.9. The smallest absolute Gasteiger partial charge is 0.348 e. The number of carbonyl (C=O) groups is 2. The van der Waals surface area contributed by atoms with Crippen LogP contribution in [-0.2, 0) is 30.9 Å². The van der Waals surface area contributed by atoms with Crippen LogP contribution in [-0.4, -0.2) is 50.9 Å². The number of esters is 1. The van der Waals surface area contributed by atoms with Crippen LogP contribution >= 0.6 is 23.2 Å². The molecule has 0 N–H and O–H groups in total. The van der Waals surface area contributed by atoms with Crippen LogP contribution in [0.1, 0.15) is 5.56 Å². The largest absolute Gasteiger partial charge is 0.475 e. The van der Waals surface area contributed by atoms with Crippen molar-refractivity contribution in [1.29, 1.82) is 0 Å². The van der Waals surface area contributed by atoms with Gasteiger partial charge in [-0.05, 0) is 54.1 Å². The first-order chi connectivity index (χ1) is 17.2. The second-order valence-corrected chi connectivity index (χ2v) is 10.8. The molecule has 8 nitrogen and oxygen atoms in total. The van der Waals surface area contributed by atoms with Crippen molar-refractivity contribution in [2.75, 3.05) is 25.1 Å². The Morgan fingerprint density at radius 2 is 1.61 bits per heavy atom. The third-order valence-corrected chi connectivity index (χ3v) is 7.88. The standard InChI is InChI=1S/C25H22Cl2N2O6S/c1-34-25(31)23-15-29(21-4-2-3-5-22(21)35-23)24(30)16-28(14-17-6-8-18(26)9-7-17)36(32,33)20-12-10-19(27)11-13-20/h2-13,23H,14-16H2,1H3. The van der Waals surface area contributed by atoms with E-state index in [9.17, 15) is 18.0 Å². The summed E-state index contributed by atoms with van der Waals surface area (Å²) in [6.45, 7) is -0.700. The lowest BCUT2D eigenvalue weighted by Crippen LogP contribution is -2.50. The molecule has 1 atom stereocenters. The molecule has 3 aromatic carbocycles. The number of sulfonamides is 1. The number of benzene rings is 3. The quantitative estimate of drug-likeness (QED) is 0.411. The summed E-state index contributed by atoms with van der Waals surface area (Å²) in [4.78, 5) is 27.1. The number of rotatable bonds is 7. The lowest BCUT2D eigenvalue weighted by Gasteiger charge is -2.34. The predicted molar refractivity (Wildman–Crippen MR) is 136 cm³/mol. The van der Waals surface area contributed by atoms with E-state index in [1.807, 2.05) is 0 Å². The van der Waals surface area contributed by atoms with Gasteiger partial charge in [0.1, 0.15) is 5.75 Å². The van der Waals surface area contributed by atoms with Gasteiger partial charge in [0, 0.05) is 16.6 Å². The van der Waals surface area contributed by atoms with E-state index >= 15 is 0 Å². The average molecular weight is 549 g/mol. The number of ether oxygens (including phenoxy) is 2. The number of halogens is 2. The molecule has 188 valence electrons. The predicted octanol–water partition coefficient (Wildman–Crippen LogP) is 4.15. The molecular formula is C25H22Cl2N2O6S. The molecule has 0 fully saturated rings. The Kier molecular flexibility index (Phi) is 7.85. The Labute approximate surface area is 219 Å². The van der Waals surface area contributed by atoms with Crippen molar-refractivity contribution < 1.29 is 27.5 Å². The Hall–Kier alpha value is -3.11. The molecule has 3 aromatic rings. The van der Waals surface area contributed by atoms with Crippen LogP contribution in [0.2, 0.25) is 10.0 Å². The van der Waals surface area contributed by atoms with E-state index in [-0.39, 0.29) is 18.0 Å². The van der Waals surface area contributed by atoms with Gasteiger partial charge < -0.3 is 14.4 Å². The fourth-order valence-electron chi connectivity index (χ4n) is 3.74. The Morgan fingerprint density at radius 1 is 1.00 bits per heavy atom. The first-order valence-electron chi connectivity index (χ1n) is 10.8. The van der Waals surface area contributed by atoms with Crippen LogP contribution < -0.4 is 9.64 Å². The van der Waals surface area contributed by atoms with Crippen molar-refractivity contribution in [3.8, 4) is 5.75 Å². The van der Waals surface area contributed by atoms with Crippen LogP contribution in [0.25, 0.3) is 0 Å². The number of carbonyl (C=O) groups excluding carboxylic acids is 2. The highest BCUT2D eigenvalue weighted by atomic mass is 35.5. The van der Waals surface area contributed by atoms with Gasteiger partial charge in [0.2, 0.25) is 22.0 Å². The molecule has 36 heavy (non-hydrogen) atoms. The number of anilines is 1. The highest BCUT2D eigenvalue weighted by molar-refractivity contribution is 7.89. The third kappa shape index (κ3) is 5.65. The van der Waals surface area contributed by atoms with Gasteiger partial charge in [-0.25, -0.2) is 13.2 Å². The van der Waals surface area contributed by atoms with Crippen LogP contribution in [0, 0.1) is 0 Å². The van der Waals surface area contributed by atoms with E-state index in [4.69, 9.17) is 32.7 Å². The lowest BCUT2D eigenvalue weighted by atomic mass is 10.2. The van der Waals surface area contributed by atoms with Crippen LogP contribution in [0.15, 0.2) is 77.7 Å². The summed E-state index contributed by atoms with van der Waals surface area (Å²) in [5, 5.41) is 0.883. The average Bonchev–Trinajstić information content (AvgIpc) is 2.88. The molecule has 0 saturated carbocycles. The molecule has 1 amide bonds. The minimum Gasteiger partial charge on any atom is -0.475 e. The molecule has 0 spiro atoms. The maximum absolute atomic E-state index is 13.6. The zero-order valence-corrected chi connectivity index (χ0v) is 21.5. The van der Waals surface area contributed by atoms with E-state index in [1.54, 1.807) is 48.5 Å². The first-order valence-corrected chi connectivity index (χ1v) is 13.0. The molecular weight excluding hydrogens is 527 g/mol. The fourth-order valence-corrected chi connectivity index (χ4v) is 5.37. The zero-order valence-electron chi connectivity index (χ0n) is 19.1. The molecule has 1 aliphatic heterocycles. The number of hydrogen-bond acceptors (Lipinski definition) is 6. The van der Waals surface area contributed by atoms with Crippen molar-refractivity contribution in [3.05, 3.63) is 88.4 Å². The zero-order chi connectivity index (χ0) is 25.9. The Morgan fingerprint density at radius 3 is 2.25 bits per heavy atom. The van der Waals surface area contributed by atoms with Crippen molar-refractivity contribution in [3.63, 3.8) is 0 Å². The van der Waals surface area contributed by atoms with Gasteiger partial charge in [0.15, 0.2) is 0 Å². The van der Waals surface area contributed by atoms with Gasteiger partial charge in [-0.2, -0.15) is 4.31 Å². The minimum absolute atomic E-state index is 0.0107. The molecule has 1 heterocycles. The summed E-state index contributed by atoms with van der Waals surface area (Å²) in [6, 6.07) is 19.1. The maximum Gasteiger partial charge on any atom is 0.348 e. The van der Waals surface area contributed by atoms with Crippen LogP contribution in [0.3, 0.4) is 0 Å². The van der Waals surface area contributed by atoms with E-state index in [1.165, 1.54) is 36.3 Å². The van der Waals surface area contributed by atoms with Gasteiger partial charge in [-0.1, -0.05) is 47.5 Å². The Balaban J connectivity index is 1.68. The van der Waals surface area contributed by atoms with Gasteiger partial charge in [0.05, 0.1) is 30.8 Å². The van der Waals surface area contributed by atoms with Gasteiger partial charge in [-0.3, -0.25) is 4.79 Å². The highest BCUT2D eigenvalue weighted by Gasteiger charge is 2.36. The molecule has 0 bridgehead atoms. The van der Waals surface area contributed by atoms with E-state index in [0.717, 1.165) is 4.31 Å². The molecule has 0 radical (unpaired) electrons. The summed E-state index contributed by atoms with van der Waals surface area (Å²) < 4.78 is 38.7. The molecule has 0 saturated heterocycles. The summed E-state index contributed by atoms with van der Waals surface area (Å²) in [6.07, 6.45) is -1.05. The normalized spacial score (nSPS) is 15.2. The van der Waals surface area contributed by atoms with Gasteiger partial charge >= 0.3 is 5.97 Å². The van der Waals surface area contributed by atoms with Crippen molar-refractivity contribution >= 4 is 50.8 Å². The number of fused-ring (bicyclic) bond motifs is 1. The number of nitrogens with zero attached hydrogens (tertiary/aromatic N) is 2. The number of amides is 1. The van der Waals surface area contributed by atoms with E-state index in [2.05, 4.69) is 0 Å². The van der Waals surface area contributed by atoms with Gasteiger partial charge in [-0.15, -0.1) is 0 Å². The van der Waals surface area contributed by atoms with E-state index in [0.29, 0.717) is 27.0 Å². The number of hydrogen-bond donors (Lipinski definition) is 0.